The normalized spacial score (nSPS) is 19.8. The van der Waals surface area contributed by atoms with Crippen LogP contribution >= 0.6 is 0 Å². The van der Waals surface area contributed by atoms with E-state index in [4.69, 9.17) is 9.47 Å². The number of aromatic hydroxyl groups is 1. The topological polar surface area (TPSA) is 119 Å². The van der Waals surface area contributed by atoms with Crippen LogP contribution in [0.4, 0.5) is 8.78 Å². The van der Waals surface area contributed by atoms with Gasteiger partial charge in [0.05, 0.1) is 12.7 Å². The highest BCUT2D eigenvalue weighted by Gasteiger charge is 2.58. The van der Waals surface area contributed by atoms with E-state index >= 15 is 0 Å². The van der Waals surface area contributed by atoms with Crippen molar-refractivity contribution >= 4 is 34.0 Å². The zero-order valence-electron chi connectivity index (χ0n) is 21.1. The van der Waals surface area contributed by atoms with E-state index in [-0.39, 0.29) is 46.1 Å². The van der Waals surface area contributed by atoms with Crippen LogP contribution in [0.2, 0.25) is 0 Å². The van der Waals surface area contributed by atoms with Gasteiger partial charge < -0.3 is 19.9 Å². The number of phenols is 1. The average molecular weight is 535 g/mol. The van der Waals surface area contributed by atoms with Crippen LogP contribution in [0.5, 0.6) is 17.2 Å². The van der Waals surface area contributed by atoms with E-state index in [1.54, 1.807) is 30.3 Å². The van der Waals surface area contributed by atoms with Crippen molar-refractivity contribution in [1.82, 2.24) is 5.32 Å². The average Bonchev–Trinajstić information content (AvgIpc) is 3.19. The molecule has 1 heterocycles. The summed E-state index contributed by atoms with van der Waals surface area (Å²) in [7, 11) is 1.25. The van der Waals surface area contributed by atoms with Gasteiger partial charge in [0, 0.05) is 24.3 Å². The summed E-state index contributed by atoms with van der Waals surface area (Å²) in [5.74, 6) is -5.50. The van der Waals surface area contributed by atoms with Crippen LogP contribution in [-0.2, 0) is 26.3 Å². The number of methoxy groups -OCH3 is 1. The predicted octanol–water partition coefficient (Wildman–Crippen LogP) is 4.31. The number of amides is 1. The lowest BCUT2D eigenvalue weighted by molar-refractivity contribution is -0.140. The van der Waals surface area contributed by atoms with Crippen LogP contribution in [0.3, 0.4) is 0 Å². The standard InChI is InChI=1S/C29H23F2NO7/c1-13(33)22-18(34)11-21-29(2,26(22)36)24-19(35)10-20(38-3)23(25(24)39-21)28(37)32-12-17-15-7-5-4-6-14(15)8-9-16(17)27(30)31/h4-11,22,27,35H,12H2,1-3H3,(H,32,37)/t22?,29-/m1/s1. The fraction of sp³-hybridized carbons (Fsp3) is 0.241. The molecular formula is C29H23F2NO7. The second-order valence-corrected chi connectivity index (χ2v) is 9.56. The minimum Gasteiger partial charge on any atom is -0.507 e. The van der Waals surface area contributed by atoms with Crippen molar-refractivity contribution in [2.75, 3.05) is 7.11 Å². The quantitative estimate of drug-likeness (QED) is 0.452. The molecule has 10 heteroatoms. The van der Waals surface area contributed by atoms with Gasteiger partial charge in [0.1, 0.15) is 39.9 Å². The number of ether oxygens (including phenoxy) is 2. The van der Waals surface area contributed by atoms with E-state index in [1.165, 1.54) is 20.1 Å². The predicted molar refractivity (Wildman–Crippen MR) is 135 cm³/mol. The van der Waals surface area contributed by atoms with Gasteiger partial charge in [-0.25, -0.2) is 8.78 Å². The van der Waals surface area contributed by atoms with E-state index in [2.05, 4.69) is 5.32 Å². The van der Waals surface area contributed by atoms with Crippen LogP contribution in [-0.4, -0.2) is 35.5 Å². The monoisotopic (exact) mass is 535 g/mol. The van der Waals surface area contributed by atoms with Gasteiger partial charge in [-0.05, 0) is 30.2 Å². The number of phenolic OH excluding ortho intramolecular Hbond substituents is 1. The first-order chi connectivity index (χ1) is 18.5. The number of Topliss-reactive ketones (excluding diaryl/α,β-unsaturated/α-hetero) is 2. The molecule has 200 valence electrons. The van der Waals surface area contributed by atoms with Gasteiger partial charge in [0.2, 0.25) is 0 Å². The number of allylic oxidation sites excluding steroid dienone is 2. The Kier molecular flexibility index (Phi) is 6.21. The number of hydrogen-bond acceptors (Lipinski definition) is 7. The van der Waals surface area contributed by atoms with Gasteiger partial charge in [-0.1, -0.05) is 36.4 Å². The molecule has 8 nitrogen and oxygen atoms in total. The number of rotatable bonds is 6. The van der Waals surface area contributed by atoms with E-state index in [0.29, 0.717) is 10.8 Å². The molecule has 0 aromatic heterocycles. The van der Waals surface area contributed by atoms with Crippen LogP contribution in [0.25, 0.3) is 10.8 Å². The molecule has 3 aromatic carbocycles. The van der Waals surface area contributed by atoms with Crippen LogP contribution in [0.1, 0.15) is 47.3 Å². The SMILES string of the molecule is COc1cc(O)c2c(c1C(=O)NCc1c(C(F)F)ccc3ccccc13)OC1=CC(=O)C(C(C)=O)C(=O)[C@]12C. The zero-order valence-corrected chi connectivity index (χ0v) is 21.1. The summed E-state index contributed by atoms with van der Waals surface area (Å²) in [6.45, 7) is 2.24. The number of carbonyl (C=O) groups excluding carboxylic acids is 4. The van der Waals surface area contributed by atoms with Gasteiger partial charge >= 0.3 is 0 Å². The molecule has 1 amide bonds. The van der Waals surface area contributed by atoms with Gasteiger partial charge in [0.25, 0.3) is 12.3 Å². The zero-order chi connectivity index (χ0) is 28.2. The minimum absolute atomic E-state index is 0.0955. The molecular weight excluding hydrogens is 512 g/mol. The summed E-state index contributed by atoms with van der Waals surface area (Å²) < 4.78 is 38.8. The fourth-order valence-corrected chi connectivity index (χ4v) is 5.36. The summed E-state index contributed by atoms with van der Waals surface area (Å²) in [6, 6.07) is 10.9. The summed E-state index contributed by atoms with van der Waals surface area (Å²) in [5.41, 5.74) is -2.04. The smallest absolute Gasteiger partial charge is 0.264 e. The molecule has 0 spiro atoms. The van der Waals surface area contributed by atoms with Gasteiger partial charge in [0.15, 0.2) is 17.3 Å². The second-order valence-electron chi connectivity index (χ2n) is 9.56. The Bertz CT molecular complexity index is 1630. The molecule has 3 aromatic rings. The molecule has 0 fully saturated rings. The third-order valence-corrected chi connectivity index (χ3v) is 7.33. The Balaban J connectivity index is 1.60. The molecule has 0 bridgehead atoms. The Hall–Kier alpha value is -4.60. The largest absolute Gasteiger partial charge is 0.507 e. The summed E-state index contributed by atoms with van der Waals surface area (Å²) >= 11 is 0. The molecule has 2 aliphatic rings. The van der Waals surface area contributed by atoms with Crippen molar-refractivity contribution in [2.24, 2.45) is 5.92 Å². The van der Waals surface area contributed by atoms with Crippen molar-refractivity contribution in [2.45, 2.75) is 32.2 Å². The fourth-order valence-electron chi connectivity index (χ4n) is 5.36. The number of nitrogens with one attached hydrogen (secondary N) is 1. The molecule has 1 aliphatic carbocycles. The van der Waals surface area contributed by atoms with Crippen LogP contribution in [0.15, 0.2) is 54.3 Å². The van der Waals surface area contributed by atoms with Gasteiger partial charge in [-0.3, -0.25) is 19.2 Å². The first-order valence-electron chi connectivity index (χ1n) is 12.0. The number of hydrogen-bond donors (Lipinski definition) is 2. The summed E-state index contributed by atoms with van der Waals surface area (Å²) in [6.07, 6.45) is -1.77. The lowest BCUT2D eigenvalue weighted by Gasteiger charge is -2.30. The molecule has 0 saturated heterocycles. The van der Waals surface area contributed by atoms with Crippen molar-refractivity contribution in [3.8, 4) is 17.2 Å². The highest BCUT2D eigenvalue weighted by molar-refractivity contribution is 6.27. The van der Waals surface area contributed by atoms with E-state index in [9.17, 15) is 33.1 Å². The Morgan fingerprint density at radius 3 is 2.56 bits per heavy atom. The molecule has 0 radical (unpaired) electrons. The maximum atomic E-state index is 13.8. The second kappa shape index (κ2) is 9.30. The first-order valence-corrected chi connectivity index (χ1v) is 12.0. The first kappa shape index (κ1) is 26.0. The molecule has 2 atom stereocenters. The Morgan fingerprint density at radius 2 is 1.90 bits per heavy atom. The number of benzene rings is 3. The molecule has 1 aliphatic heterocycles. The summed E-state index contributed by atoms with van der Waals surface area (Å²) in [5, 5.41) is 14.7. The van der Waals surface area contributed by atoms with Crippen molar-refractivity contribution in [3.05, 3.63) is 76.6 Å². The van der Waals surface area contributed by atoms with Crippen molar-refractivity contribution in [3.63, 3.8) is 0 Å². The van der Waals surface area contributed by atoms with E-state index in [0.717, 1.165) is 19.1 Å². The van der Waals surface area contributed by atoms with E-state index < -0.39 is 46.8 Å². The Labute approximate surface area is 221 Å². The number of carbonyl (C=O) groups is 4. The number of fused-ring (bicyclic) bond motifs is 4. The lowest BCUT2D eigenvalue weighted by Crippen LogP contribution is -2.47. The third-order valence-electron chi connectivity index (χ3n) is 7.33. The molecule has 1 unspecified atom stereocenters. The van der Waals surface area contributed by atoms with Gasteiger partial charge in [-0.2, -0.15) is 0 Å². The lowest BCUT2D eigenvalue weighted by atomic mass is 9.67. The maximum Gasteiger partial charge on any atom is 0.264 e. The minimum atomic E-state index is -2.79. The van der Waals surface area contributed by atoms with Gasteiger partial charge in [-0.15, -0.1) is 0 Å². The highest BCUT2D eigenvalue weighted by atomic mass is 19.3. The van der Waals surface area contributed by atoms with Crippen molar-refractivity contribution in [1.29, 1.82) is 0 Å². The highest BCUT2D eigenvalue weighted by Crippen LogP contribution is 2.56. The number of alkyl halides is 2. The van der Waals surface area contributed by atoms with Crippen LogP contribution in [0, 0.1) is 5.92 Å². The molecule has 2 N–H and O–H groups in total. The molecule has 39 heavy (non-hydrogen) atoms. The van der Waals surface area contributed by atoms with Crippen molar-refractivity contribution < 1.29 is 42.5 Å². The third kappa shape index (κ3) is 3.86. The maximum absolute atomic E-state index is 13.8. The summed E-state index contributed by atoms with van der Waals surface area (Å²) in [4.78, 5) is 51.6. The van der Waals surface area contributed by atoms with Crippen LogP contribution < -0.4 is 14.8 Å². The number of halogens is 2. The molecule has 0 saturated carbocycles. The van der Waals surface area contributed by atoms with E-state index in [1.807, 2.05) is 0 Å². The Morgan fingerprint density at radius 1 is 1.18 bits per heavy atom. The number of ketones is 3. The molecule has 5 rings (SSSR count).